The van der Waals surface area contributed by atoms with E-state index in [9.17, 15) is 4.39 Å². The largest absolute Gasteiger partial charge is 0.367 e. The highest BCUT2D eigenvalue weighted by molar-refractivity contribution is 5.48. The molecule has 0 aromatic heterocycles. The molecule has 1 aliphatic heterocycles. The van der Waals surface area contributed by atoms with E-state index in [-0.39, 0.29) is 11.4 Å². The first-order chi connectivity index (χ1) is 9.66. The fraction of sp³-hybridized carbons (Fsp3) is 0.625. The average molecular weight is 279 g/mol. The van der Waals surface area contributed by atoms with Crippen LogP contribution in [-0.4, -0.2) is 43.2 Å². The first-order valence-electron chi connectivity index (χ1n) is 7.61. The average Bonchev–Trinajstić information content (AvgIpc) is 2.51. The summed E-state index contributed by atoms with van der Waals surface area (Å²) in [5, 5.41) is 0. The molecule has 0 bridgehead atoms. The summed E-state index contributed by atoms with van der Waals surface area (Å²) in [5.74, 6) is -0.128. The van der Waals surface area contributed by atoms with Gasteiger partial charge in [0.05, 0.1) is 5.69 Å². The first kappa shape index (κ1) is 15.3. The summed E-state index contributed by atoms with van der Waals surface area (Å²) in [6, 6.07) is 7.03. The third-order valence-electron chi connectivity index (χ3n) is 4.84. The van der Waals surface area contributed by atoms with Crippen LogP contribution in [0, 0.1) is 5.82 Å². The zero-order valence-corrected chi connectivity index (χ0v) is 12.6. The minimum Gasteiger partial charge on any atom is -0.367 e. The molecule has 20 heavy (non-hydrogen) atoms. The molecule has 3 nitrogen and oxygen atoms in total. The molecular weight excluding hydrogens is 253 g/mol. The lowest BCUT2D eigenvalue weighted by molar-refractivity contribution is 0.0784. The highest BCUT2D eigenvalue weighted by Gasteiger charge is 2.34. The van der Waals surface area contributed by atoms with Crippen molar-refractivity contribution in [1.82, 2.24) is 4.90 Å². The van der Waals surface area contributed by atoms with E-state index in [1.54, 1.807) is 6.07 Å². The molecule has 1 aromatic carbocycles. The van der Waals surface area contributed by atoms with Gasteiger partial charge in [-0.3, -0.25) is 4.90 Å². The van der Waals surface area contributed by atoms with Crippen LogP contribution in [0.5, 0.6) is 0 Å². The van der Waals surface area contributed by atoms with E-state index in [0.717, 1.165) is 44.7 Å². The second-order valence-electron chi connectivity index (χ2n) is 5.56. The van der Waals surface area contributed by atoms with Crippen molar-refractivity contribution >= 4 is 5.69 Å². The summed E-state index contributed by atoms with van der Waals surface area (Å²) in [6.45, 7) is 8.74. The van der Waals surface area contributed by atoms with Gasteiger partial charge in [0.15, 0.2) is 0 Å². The molecule has 2 rings (SSSR count). The smallest absolute Gasteiger partial charge is 0.146 e. The second kappa shape index (κ2) is 6.55. The molecule has 1 fully saturated rings. The lowest BCUT2D eigenvalue weighted by atomic mass is 9.90. The van der Waals surface area contributed by atoms with Crippen molar-refractivity contribution < 1.29 is 4.39 Å². The van der Waals surface area contributed by atoms with Gasteiger partial charge < -0.3 is 10.6 Å². The quantitative estimate of drug-likeness (QED) is 0.898. The van der Waals surface area contributed by atoms with Crippen LogP contribution in [0.1, 0.15) is 26.7 Å². The lowest BCUT2D eigenvalue weighted by Gasteiger charge is -2.47. The van der Waals surface area contributed by atoms with E-state index in [2.05, 4.69) is 23.6 Å². The zero-order chi connectivity index (χ0) is 14.6. The highest BCUT2D eigenvalue weighted by atomic mass is 19.1. The SMILES string of the molecule is CCC(CC)(CN)N1CCN(c2ccccc2F)CC1. The van der Waals surface area contributed by atoms with Crippen LogP contribution < -0.4 is 10.6 Å². The van der Waals surface area contributed by atoms with E-state index in [0.29, 0.717) is 6.54 Å². The monoisotopic (exact) mass is 279 g/mol. The van der Waals surface area contributed by atoms with E-state index >= 15 is 0 Å². The van der Waals surface area contributed by atoms with E-state index in [1.807, 2.05) is 12.1 Å². The Morgan fingerprint density at radius 2 is 1.70 bits per heavy atom. The fourth-order valence-corrected chi connectivity index (χ4v) is 3.24. The number of hydrogen-bond acceptors (Lipinski definition) is 3. The van der Waals surface area contributed by atoms with Gasteiger partial charge in [-0.25, -0.2) is 4.39 Å². The molecule has 1 saturated heterocycles. The summed E-state index contributed by atoms with van der Waals surface area (Å²) in [6.07, 6.45) is 2.14. The Bertz CT molecular complexity index is 415. The van der Waals surface area contributed by atoms with Gasteiger partial charge in [0.2, 0.25) is 0 Å². The number of piperazine rings is 1. The topological polar surface area (TPSA) is 32.5 Å². The molecule has 112 valence electrons. The minimum absolute atomic E-state index is 0.112. The normalized spacial score (nSPS) is 17.5. The maximum atomic E-state index is 13.8. The minimum atomic E-state index is -0.128. The molecule has 1 heterocycles. The molecule has 0 saturated carbocycles. The van der Waals surface area contributed by atoms with Crippen molar-refractivity contribution in [1.29, 1.82) is 0 Å². The van der Waals surface area contributed by atoms with Gasteiger partial charge in [0.25, 0.3) is 0 Å². The van der Waals surface area contributed by atoms with Gasteiger partial charge in [-0.1, -0.05) is 26.0 Å². The standard InChI is InChI=1S/C16H26FN3/c1-3-16(4-2,13-18)20-11-9-19(10-12-20)15-8-6-5-7-14(15)17/h5-8H,3-4,9-13,18H2,1-2H3. The molecule has 0 amide bonds. The number of anilines is 1. The van der Waals surface area contributed by atoms with Gasteiger partial charge in [0, 0.05) is 38.3 Å². The number of para-hydroxylation sites is 1. The zero-order valence-electron chi connectivity index (χ0n) is 12.6. The van der Waals surface area contributed by atoms with Crippen LogP contribution in [0.2, 0.25) is 0 Å². The molecule has 2 N–H and O–H groups in total. The molecule has 0 spiro atoms. The fourth-order valence-electron chi connectivity index (χ4n) is 3.24. The molecular formula is C16H26FN3. The van der Waals surface area contributed by atoms with E-state index in [4.69, 9.17) is 5.73 Å². The predicted octanol–water partition coefficient (Wildman–Crippen LogP) is 2.47. The molecule has 4 heteroatoms. The van der Waals surface area contributed by atoms with Crippen molar-refractivity contribution in [3.63, 3.8) is 0 Å². The Hall–Kier alpha value is -1.13. The number of halogens is 1. The van der Waals surface area contributed by atoms with Crippen molar-refractivity contribution in [3.8, 4) is 0 Å². The summed E-state index contributed by atoms with van der Waals surface area (Å²) in [5.41, 5.74) is 6.85. The molecule has 1 aliphatic rings. The first-order valence-corrected chi connectivity index (χ1v) is 7.61. The lowest BCUT2D eigenvalue weighted by Crippen LogP contribution is -2.60. The van der Waals surface area contributed by atoms with Crippen LogP contribution in [0.4, 0.5) is 10.1 Å². The summed E-state index contributed by atoms with van der Waals surface area (Å²) < 4.78 is 13.8. The molecule has 1 aromatic rings. The predicted molar refractivity (Wildman–Crippen MR) is 82.6 cm³/mol. The van der Waals surface area contributed by atoms with Gasteiger partial charge in [-0.05, 0) is 25.0 Å². The number of nitrogens with zero attached hydrogens (tertiary/aromatic N) is 2. The Morgan fingerprint density at radius 3 is 2.20 bits per heavy atom. The van der Waals surface area contributed by atoms with Crippen molar-refractivity contribution in [2.45, 2.75) is 32.2 Å². The van der Waals surface area contributed by atoms with Crippen LogP contribution in [0.3, 0.4) is 0 Å². The highest BCUT2D eigenvalue weighted by Crippen LogP contribution is 2.26. The number of benzene rings is 1. The summed E-state index contributed by atoms with van der Waals surface area (Å²) in [7, 11) is 0. The van der Waals surface area contributed by atoms with Crippen molar-refractivity contribution in [2.75, 3.05) is 37.6 Å². The maximum absolute atomic E-state index is 13.8. The number of rotatable bonds is 5. The molecule has 0 aliphatic carbocycles. The third kappa shape index (κ3) is 2.81. The molecule has 0 radical (unpaired) electrons. The Morgan fingerprint density at radius 1 is 1.10 bits per heavy atom. The van der Waals surface area contributed by atoms with Gasteiger partial charge >= 0.3 is 0 Å². The van der Waals surface area contributed by atoms with Gasteiger partial charge in [-0.15, -0.1) is 0 Å². The Labute approximate surface area is 121 Å². The summed E-state index contributed by atoms with van der Waals surface area (Å²) in [4.78, 5) is 4.63. The summed E-state index contributed by atoms with van der Waals surface area (Å²) >= 11 is 0. The van der Waals surface area contributed by atoms with E-state index < -0.39 is 0 Å². The van der Waals surface area contributed by atoms with Gasteiger partial charge in [0.1, 0.15) is 5.82 Å². The number of hydrogen-bond donors (Lipinski definition) is 1. The van der Waals surface area contributed by atoms with E-state index in [1.165, 1.54) is 6.07 Å². The van der Waals surface area contributed by atoms with Crippen molar-refractivity contribution in [3.05, 3.63) is 30.1 Å². The van der Waals surface area contributed by atoms with Crippen LogP contribution >= 0.6 is 0 Å². The van der Waals surface area contributed by atoms with Crippen LogP contribution in [0.25, 0.3) is 0 Å². The second-order valence-corrected chi connectivity index (χ2v) is 5.56. The van der Waals surface area contributed by atoms with Crippen LogP contribution in [-0.2, 0) is 0 Å². The third-order valence-corrected chi connectivity index (χ3v) is 4.84. The Kier molecular flexibility index (Phi) is 5.00. The number of nitrogens with two attached hydrogens (primary N) is 1. The van der Waals surface area contributed by atoms with Crippen molar-refractivity contribution in [2.24, 2.45) is 5.73 Å². The maximum Gasteiger partial charge on any atom is 0.146 e. The van der Waals surface area contributed by atoms with Crippen LogP contribution in [0.15, 0.2) is 24.3 Å². The Balaban J connectivity index is 2.04. The molecule has 0 atom stereocenters. The van der Waals surface area contributed by atoms with Gasteiger partial charge in [-0.2, -0.15) is 0 Å². The molecule has 0 unspecified atom stereocenters.